The third-order valence-corrected chi connectivity index (χ3v) is 2.58. The van der Waals surface area contributed by atoms with E-state index in [1.165, 1.54) is 0 Å². The molecule has 17 heavy (non-hydrogen) atoms. The van der Waals surface area contributed by atoms with Crippen molar-refractivity contribution in [3.8, 4) is 12.3 Å². The Bertz CT molecular complexity index is 617. The fraction of sp³-hybridized carbons (Fsp3) is 0.214. The Balaban J connectivity index is 2.65. The van der Waals surface area contributed by atoms with Gasteiger partial charge in [-0.25, -0.2) is 4.79 Å². The maximum absolute atomic E-state index is 11.7. The molecule has 0 amide bonds. The first kappa shape index (κ1) is 11.3. The van der Waals surface area contributed by atoms with Crippen LogP contribution in [-0.4, -0.2) is 17.6 Å². The summed E-state index contributed by atoms with van der Waals surface area (Å²) in [6.07, 6.45) is 5.47. The molecule has 2 rings (SSSR count). The quantitative estimate of drug-likeness (QED) is 0.633. The van der Waals surface area contributed by atoms with Crippen LogP contribution in [0.2, 0.25) is 0 Å². The molecule has 2 aromatic rings. The van der Waals surface area contributed by atoms with Crippen LogP contribution in [0.1, 0.15) is 28.5 Å². The minimum Gasteiger partial charge on any atom is -0.461 e. The topological polar surface area (TPSA) is 42.1 Å². The van der Waals surface area contributed by atoms with Gasteiger partial charge in [-0.15, -0.1) is 6.42 Å². The first-order chi connectivity index (χ1) is 8.17. The second kappa shape index (κ2) is 4.34. The number of hydrogen-bond acceptors (Lipinski definition) is 2. The fourth-order valence-electron chi connectivity index (χ4n) is 1.81. The number of ether oxygens (including phenoxy) is 1. The lowest BCUT2D eigenvalue weighted by atomic mass is 10.1. The first-order valence-corrected chi connectivity index (χ1v) is 5.43. The van der Waals surface area contributed by atoms with Crippen molar-refractivity contribution in [3.05, 3.63) is 35.0 Å². The second-order valence-electron chi connectivity index (χ2n) is 3.79. The van der Waals surface area contributed by atoms with Crippen LogP contribution in [0.15, 0.2) is 18.2 Å². The molecule has 1 heterocycles. The minimum atomic E-state index is -0.408. The highest BCUT2D eigenvalue weighted by molar-refractivity contribution is 6.00. The van der Waals surface area contributed by atoms with Gasteiger partial charge in [0.05, 0.1) is 12.2 Å². The Morgan fingerprint density at radius 1 is 1.53 bits per heavy atom. The molecule has 86 valence electrons. The molecule has 0 radical (unpaired) electrons. The van der Waals surface area contributed by atoms with Gasteiger partial charge >= 0.3 is 5.97 Å². The smallest absolute Gasteiger partial charge is 0.356 e. The van der Waals surface area contributed by atoms with Crippen molar-refractivity contribution in [2.45, 2.75) is 13.8 Å². The Kier molecular flexibility index (Phi) is 2.88. The summed E-state index contributed by atoms with van der Waals surface area (Å²) in [6.45, 7) is 4.08. The Hall–Kier alpha value is -2.21. The largest absolute Gasteiger partial charge is 0.461 e. The van der Waals surface area contributed by atoms with E-state index in [4.69, 9.17) is 11.2 Å². The highest BCUT2D eigenvalue weighted by Gasteiger charge is 2.17. The SMILES string of the molecule is C#Cc1c(C(=O)OCC)[nH]c2ccc(C)cc12. The summed E-state index contributed by atoms with van der Waals surface area (Å²) < 4.78 is 4.96. The number of terminal acetylenes is 1. The van der Waals surface area contributed by atoms with Gasteiger partial charge in [0.25, 0.3) is 0 Å². The molecule has 1 aromatic carbocycles. The van der Waals surface area contributed by atoms with Crippen LogP contribution < -0.4 is 0 Å². The molecule has 3 nitrogen and oxygen atoms in total. The van der Waals surface area contributed by atoms with E-state index < -0.39 is 5.97 Å². The lowest BCUT2D eigenvalue weighted by Gasteiger charge is -1.99. The molecule has 0 bridgehead atoms. The molecule has 0 aliphatic heterocycles. The lowest BCUT2D eigenvalue weighted by Crippen LogP contribution is -2.06. The first-order valence-electron chi connectivity index (χ1n) is 5.43. The maximum Gasteiger partial charge on any atom is 0.356 e. The minimum absolute atomic E-state index is 0.331. The summed E-state index contributed by atoms with van der Waals surface area (Å²) in [7, 11) is 0. The number of aromatic nitrogens is 1. The summed E-state index contributed by atoms with van der Waals surface area (Å²) in [6, 6.07) is 5.84. The molecule has 3 heteroatoms. The Labute approximate surface area is 99.8 Å². The van der Waals surface area contributed by atoms with Gasteiger partial charge in [-0.3, -0.25) is 0 Å². The van der Waals surface area contributed by atoms with E-state index in [1.807, 2.05) is 25.1 Å². The molecule has 0 saturated carbocycles. The van der Waals surface area contributed by atoms with Gasteiger partial charge in [-0.1, -0.05) is 17.6 Å². The van der Waals surface area contributed by atoms with E-state index in [0.717, 1.165) is 16.5 Å². The van der Waals surface area contributed by atoms with Crippen LogP contribution in [0.25, 0.3) is 10.9 Å². The Morgan fingerprint density at radius 3 is 2.94 bits per heavy atom. The van der Waals surface area contributed by atoms with Crippen molar-refractivity contribution in [1.29, 1.82) is 0 Å². The number of carbonyl (C=O) groups is 1. The van der Waals surface area contributed by atoms with Gasteiger partial charge in [0, 0.05) is 10.9 Å². The number of esters is 1. The van der Waals surface area contributed by atoms with Crippen molar-refractivity contribution in [1.82, 2.24) is 4.98 Å². The number of hydrogen-bond donors (Lipinski definition) is 1. The molecular weight excluding hydrogens is 214 g/mol. The number of nitrogens with one attached hydrogen (secondary N) is 1. The van der Waals surface area contributed by atoms with Crippen LogP contribution in [0.3, 0.4) is 0 Å². The van der Waals surface area contributed by atoms with Crippen LogP contribution in [0, 0.1) is 19.3 Å². The van der Waals surface area contributed by atoms with Gasteiger partial charge in [0.2, 0.25) is 0 Å². The maximum atomic E-state index is 11.7. The number of rotatable bonds is 2. The second-order valence-corrected chi connectivity index (χ2v) is 3.79. The van der Waals surface area contributed by atoms with E-state index in [2.05, 4.69) is 10.9 Å². The molecule has 1 N–H and O–H groups in total. The number of aromatic amines is 1. The van der Waals surface area contributed by atoms with Crippen molar-refractivity contribution in [2.24, 2.45) is 0 Å². The van der Waals surface area contributed by atoms with Gasteiger partial charge in [0.15, 0.2) is 0 Å². The lowest BCUT2D eigenvalue weighted by molar-refractivity contribution is 0.0520. The zero-order valence-electron chi connectivity index (χ0n) is 9.83. The number of H-pyrrole nitrogens is 1. The molecule has 0 aliphatic rings. The van der Waals surface area contributed by atoms with Gasteiger partial charge in [0.1, 0.15) is 5.69 Å². The van der Waals surface area contributed by atoms with Crippen LogP contribution in [-0.2, 0) is 4.74 Å². The van der Waals surface area contributed by atoms with Crippen LogP contribution >= 0.6 is 0 Å². The van der Waals surface area contributed by atoms with Crippen LogP contribution in [0.4, 0.5) is 0 Å². The molecule has 0 atom stereocenters. The highest BCUT2D eigenvalue weighted by atomic mass is 16.5. The third kappa shape index (κ3) is 1.90. The summed E-state index contributed by atoms with van der Waals surface area (Å²) in [4.78, 5) is 14.7. The van der Waals surface area contributed by atoms with E-state index >= 15 is 0 Å². The Morgan fingerprint density at radius 2 is 2.29 bits per heavy atom. The number of carbonyl (C=O) groups excluding carboxylic acids is 1. The zero-order chi connectivity index (χ0) is 12.4. The van der Waals surface area contributed by atoms with Crippen molar-refractivity contribution >= 4 is 16.9 Å². The fourth-order valence-corrected chi connectivity index (χ4v) is 1.81. The van der Waals surface area contributed by atoms with E-state index in [9.17, 15) is 4.79 Å². The van der Waals surface area contributed by atoms with Gasteiger partial charge in [-0.05, 0) is 26.0 Å². The summed E-state index contributed by atoms with van der Waals surface area (Å²) in [5, 5.41) is 0.885. The predicted molar refractivity (Wildman–Crippen MR) is 66.9 cm³/mol. The molecule has 1 aromatic heterocycles. The monoisotopic (exact) mass is 227 g/mol. The predicted octanol–water partition coefficient (Wildman–Crippen LogP) is 2.63. The number of benzene rings is 1. The molecule has 0 aliphatic carbocycles. The third-order valence-electron chi connectivity index (χ3n) is 2.58. The molecule has 0 spiro atoms. The average molecular weight is 227 g/mol. The summed E-state index contributed by atoms with van der Waals surface area (Å²) in [5.41, 5.74) is 2.88. The van der Waals surface area contributed by atoms with Crippen molar-refractivity contribution in [3.63, 3.8) is 0 Å². The number of aryl methyl sites for hydroxylation is 1. The average Bonchev–Trinajstić information content (AvgIpc) is 2.67. The van der Waals surface area contributed by atoms with Gasteiger partial charge in [-0.2, -0.15) is 0 Å². The molecule has 0 fully saturated rings. The molecular formula is C14H13NO2. The van der Waals surface area contributed by atoms with Gasteiger partial charge < -0.3 is 9.72 Å². The number of fused-ring (bicyclic) bond motifs is 1. The standard InChI is InChI=1S/C14H13NO2/c1-4-10-11-8-9(3)6-7-12(11)15-13(10)14(16)17-5-2/h1,6-8,15H,5H2,2-3H3. The molecule has 0 unspecified atom stereocenters. The van der Waals surface area contributed by atoms with Crippen molar-refractivity contribution in [2.75, 3.05) is 6.61 Å². The summed E-state index contributed by atoms with van der Waals surface area (Å²) >= 11 is 0. The molecule has 0 saturated heterocycles. The highest BCUT2D eigenvalue weighted by Crippen LogP contribution is 2.23. The van der Waals surface area contributed by atoms with Crippen LogP contribution in [0.5, 0.6) is 0 Å². The van der Waals surface area contributed by atoms with Crippen molar-refractivity contribution < 1.29 is 9.53 Å². The van der Waals surface area contributed by atoms with E-state index in [0.29, 0.717) is 17.9 Å². The normalized spacial score (nSPS) is 10.2. The van der Waals surface area contributed by atoms with E-state index in [1.54, 1.807) is 6.92 Å². The van der Waals surface area contributed by atoms with E-state index in [-0.39, 0.29) is 0 Å². The summed E-state index contributed by atoms with van der Waals surface area (Å²) in [5.74, 6) is 2.14. The zero-order valence-corrected chi connectivity index (χ0v) is 9.83.